The summed E-state index contributed by atoms with van der Waals surface area (Å²) in [7, 11) is 0. The molecule has 68 valence electrons. The molecule has 1 aromatic heterocycles. The monoisotopic (exact) mass is 192 g/mol. The van der Waals surface area contributed by atoms with Crippen LogP contribution in [0.1, 0.15) is 11.8 Å². The highest BCUT2D eigenvalue weighted by molar-refractivity contribution is 7.09. The molecule has 0 radical (unpaired) electrons. The van der Waals surface area contributed by atoms with Crippen molar-refractivity contribution in [1.29, 1.82) is 0 Å². The first-order valence-corrected chi connectivity index (χ1v) is 5.00. The average molecular weight is 192 g/mol. The molecule has 0 spiro atoms. The van der Waals surface area contributed by atoms with Crippen molar-refractivity contribution in [2.45, 2.75) is 13.3 Å². The minimum Gasteiger partial charge on any atom is -0.299 e. The van der Waals surface area contributed by atoms with Crippen molar-refractivity contribution in [2.75, 3.05) is 0 Å². The number of Topliss-reactive ketones (excluding diaryl/α,β-unsaturated/α-hetero) is 1. The zero-order chi connectivity index (χ0) is 9.68. The van der Waals surface area contributed by atoms with Crippen LogP contribution in [0.15, 0.2) is 35.9 Å². The standard InChI is InChI=1S/C11H12OS/c1-3-5-10(9(2)12)8-11-6-4-7-13-11/h4-7,10H,1,8H2,2H3. The summed E-state index contributed by atoms with van der Waals surface area (Å²) in [6, 6.07) is 4.03. The van der Waals surface area contributed by atoms with Gasteiger partial charge in [-0.3, -0.25) is 4.79 Å². The number of thiophene rings is 1. The van der Waals surface area contributed by atoms with Gasteiger partial charge in [0.1, 0.15) is 5.78 Å². The molecule has 0 aliphatic heterocycles. The summed E-state index contributed by atoms with van der Waals surface area (Å²) >= 11 is 1.67. The van der Waals surface area contributed by atoms with Gasteiger partial charge in [-0.15, -0.1) is 17.1 Å². The summed E-state index contributed by atoms with van der Waals surface area (Å²) in [5.74, 6) is 0.112. The third kappa shape index (κ3) is 3.02. The highest BCUT2D eigenvalue weighted by Crippen LogP contribution is 2.15. The van der Waals surface area contributed by atoms with Crippen LogP contribution in [0.3, 0.4) is 0 Å². The first-order valence-electron chi connectivity index (χ1n) is 4.13. The molecule has 0 fully saturated rings. The highest BCUT2D eigenvalue weighted by Gasteiger charge is 2.11. The van der Waals surface area contributed by atoms with E-state index >= 15 is 0 Å². The van der Waals surface area contributed by atoms with E-state index in [-0.39, 0.29) is 11.7 Å². The van der Waals surface area contributed by atoms with Gasteiger partial charge < -0.3 is 0 Å². The lowest BCUT2D eigenvalue weighted by molar-refractivity contribution is -0.119. The fraction of sp³-hybridized carbons (Fsp3) is 0.273. The Morgan fingerprint density at radius 3 is 3.08 bits per heavy atom. The average Bonchev–Trinajstić information content (AvgIpc) is 2.56. The molecule has 1 rings (SSSR count). The number of hydrogen-bond donors (Lipinski definition) is 0. The molecule has 1 heterocycles. The quantitative estimate of drug-likeness (QED) is 0.670. The van der Waals surface area contributed by atoms with E-state index < -0.39 is 0 Å². The van der Waals surface area contributed by atoms with Crippen molar-refractivity contribution in [3.05, 3.63) is 40.8 Å². The molecule has 0 aliphatic carbocycles. The summed E-state index contributed by atoms with van der Waals surface area (Å²) in [4.78, 5) is 12.4. The number of ketones is 1. The summed E-state index contributed by atoms with van der Waals surface area (Å²) in [6.45, 7) is 5.09. The topological polar surface area (TPSA) is 17.1 Å². The Kier molecular flexibility index (Phi) is 3.69. The molecule has 1 aromatic rings. The van der Waals surface area contributed by atoms with Crippen LogP contribution in [0.25, 0.3) is 0 Å². The van der Waals surface area contributed by atoms with E-state index in [1.807, 2.05) is 17.5 Å². The smallest absolute Gasteiger partial charge is 0.137 e. The van der Waals surface area contributed by atoms with Gasteiger partial charge in [-0.05, 0) is 30.9 Å². The largest absolute Gasteiger partial charge is 0.299 e. The molecule has 0 aliphatic rings. The van der Waals surface area contributed by atoms with Gasteiger partial charge in [0.2, 0.25) is 0 Å². The van der Waals surface area contributed by atoms with E-state index in [1.165, 1.54) is 4.88 Å². The van der Waals surface area contributed by atoms with Gasteiger partial charge in [-0.25, -0.2) is 0 Å². The van der Waals surface area contributed by atoms with Gasteiger partial charge in [0, 0.05) is 10.8 Å². The molecule has 0 saturated heterocycles. The number of allylic oxidation sites excluding steroid dienone is 1. The zero-order valence-electron chi connectivity index (χ0n) is 7.62. The van der Waals surface area contributed by atoms with Crippen LogP contribution in [-0.2, 0) is 11.2 Å². The fourth-order valence-electron chi connectivity index (χ4n) is 1.11. The van der Waals surface area contributed by atoms with Gasteiger partial charge in [0.25, 0.3) is 0 Å². The van der Waals surface area contributed by atoms with Gasteiger partial charge in [0.05, 0.1) is 0 Å². The van der Waals surface area contributed by atoms with Gasteiger partial charge in [0.15, 0.2) is 0 Å². The van der Waals surface area contributed by atoms with Crippen molar-refractivity contribution in [3.63, 3.8) is 0 Å². The van der Waals surface area contributed by atoms with Crippen molar-refractivity contribution >= 4 is 17.1 Å². The molecule has 1 unspecified atom stereocenters. The third-order valence-corrected chi connectivity index (χ3v) is 2.74. The molecule has 0 saturated carbocycles. The third-order valence-electron chi connectivity index (χ3n) is 1.84. The van der Waals surface area contributed by atoms with E-state index in [9.17, 15) is 4.79 Å². The van der Waals surface area contributed by atoms with Crippen LogP contribution in [-0.4, -0.2) is 5.78 Å². The maximum atomic E-state index is 11.2. The zero-order valence-corrected chi connectivity index (χ0v) is 8.43. The molecule has 0 N–H and O–H groups in total. The molecule has 0 bridgehead atoms. The number of carbonyl (C=O) groups is 1. The molecular formula is C11H12OS. The van der Waals surface area contributed by atoms with Crippen LogP contribution in [0.5, 0.6) is 0 Å². The first kappa shape index (κ1) is 9.97. The molecule has 0 amide bonds. The second-order valence-electron chi connectivity index (χ2n) is 2.87. The van der Waals surface area contributed by atoms with E-state index in [2.05, 4.69) is 12.3 Å². The lowest BCUT2D eigenvalue weighted by atomic mass is 10.0. The summed E-state index contributed by atoms with van der Waals surface area (Å²) in [5, 5.41) is 2.02. The summed E-state index contributed by atoms with van der Waals surface area (Å²) in [5.41, 5.74) is 2.67. The number of hydrogen-bond acceptors (Lipinski definition) is 2. The highest BCUT2D eigenvalue weighted by atomic mass is 32.1. The molecule has 0 aromatic carbocycles. The van der Waals surface area contributed by atoms with E-state index in [0.717, 1.165) is 6.42 Å². The van der Waals surface area contributed by atoms with Gasteiger partial charge in [-0.2, -0.15) is 0 Å². The van der Waals surface area contributed by atoms with E-state index in [1.54, 1.807) is 24.3 Å². The normalized spacial score (nSPS) is 11.8. The van der Waals surface area contributed by atoms with E-state index in [4.69, 9.17) is 0 Å². The Balaban J connectivity index is 2.68. The van der Waals surface area contributed by atoms with Crippen LogP contribution in [0.4, 0.5) is 0 Å². The first-order chi connectivity index (χ1) is 6.24. The van der Waals surface area contributed by atoms with Gasteiger partial charge in [-0.1, -0.05) is 12.6 Å². The summed E-state index contributed by atoms with van der Waals surface area (Å²) < 4.78 is 0. The second kappa shape index (κ2) is 4.80. The molecule has 1 atom stereocenters. The minimum absolute atomic E-state index is 0.0591. The Labute approximate surface area is 82.4 Å². The predicted molar refractivity (Wildman–Crippen MR) is 55.9 cm³/mol. The Morgan fingerprint density at radius 1 is 1.85 bits per heavy atom. The van der Waals surface area contributed by atoms with Crippen molar-refractivity contribution < 1.29 is 4.79 Å². The maximum Gasteiger partial charge on any atom is 0.137 e. The van der Waals surface area contributed by atoms with Crippen LogP contribution >= 0.6 is 11.3 Å². The van der Waals surface area contributed by atoms with Crippen LogP contribution in [0.2, 0.25) is 0 Å². The van der Waals surface area contributed by atoms with Crippen molar-refractivity contribution in [2.24, 2.45) is 5.92 Å². The molecule has 2 heteroatoms. The van der Waals surface area contributed by atoms with E-state index in [0.29, 0.717) is 0 Å². The maximum absolute atomic E-state index is 11.2. The van der Waals surface area contributed by atoms with Crippen LogP contribution < -0.4 is 0 Å². The molecule has 1 nitrogen and oxygen atoms in total. The van der Waals surface area contributed by atoms with Gasteiger partial charge >= 0.3 is 0 Å². The molecule has 13 heavy (non-hydrogen) atoms. The lowest BCUT2D eigenvalue weighted by Crippen LogP contribution is -2.09. The van der Waals surface area contributed by atoms with Crippen LogP contribution in [0, 0.1) is 5.92 Å². The van der Waals surface area contributed by atoms with Crippen molar-refractivity contribution in [3.8, 4) is 0 Å². The fourth-order valence-corrected chi connectivity index (χ4v) is 1.87. The SMILES string of the molecule is C=C=CC(Cc1cccs1)C(C)=O. The molecular weight excluding hydrogens is 180 g/mol. The Bertz CT molecular complexity index is 316. The second-order valence-corrected chi connectivity index (χ2v) is 3.90. The number of carbonyl (C=O) groups excluding carboxylic acids is 1. The lowest BCUT2D eigenvalue weighted by Gasteiger charge is -2.04. The number of rotatable bonds is 4. The Morgan fingerprint density at radius 2 is 2.62 bits per heavy atom. The minimum atomic E-state index is -0.0591. The summed E-state index contributed by atoms with van der Waals surface area (Å²) in [6.07, 6.45) is 2.51. The Hall–Kier alpha value is -1.11. The predicted octanol–water partition coefficient (Wildman–Crippen LogP) is 2.84. The van der Waals surface area contributed by atoms with Crippen molar-refractivity contribution in [1.82, 2.24) is 0 Å².